The standard InChI is InChI=1S/C20H34/c1-3-5-7-8-10-18-11-17(9-6-4-2)12-19(14-18)16-20(19,13-17)15-18/h3-16H2,1-2H3/t17?,18?,19-,20+. The van der Waals surface area contributed by atoms with E-state index in [1.165, 1.54) is 38.5 Å². The quantitative estimate of drug-likeness (QED) is 0.444. The van der Waals surface area contributed by atoms with Gasteiger partial charge in [-0.15, -0.1) is 0 Å². The number of rotatable bonds is 8. The minimum Gasteiger partial charge on any atom is -0.0654 e. The SMILES string of the molecule is CCCCCCC12CC3(CCCC)C[C@]4(C1)C[C@@]4(C3)C2. The van der Waals surface area contributed by atoms with Gasteiger partial charge in [0.15, 0.2) is 0 Å². The Morgan fingerprint density at radius 1 is 0.550 bits per heavy atom. The molecule has 5 rings (SSSR count). The van der Waals surface area contributed by atoms with E-state index in [-0.39, 0.29) is 0 Å². The second-order valence-corrected chi connectivity index (χ2v) is 9.54. The van der Waals surface area contributed by atoms with Gasteiger partial charge in [-0.05, 0) is 73.0 Å². The highest BCUT2D eigenvalue weighted by molar-refractivity contribution is 5.33. The third-order valence-corrected chi connectivity index (χ3v) is 7.90. The maximum absolute atomic E-state index is 2.38. The monoisotopic (exact) mass is 274 g/mol. The molecule has 0 nitrogen and oxygen atoms in total. The van der Waals surface area contributed by atoms with Crippen molar-refractivity contribution in [3.8, 4) is 0 Å². The van der Waals surface area contributed by atoms with Crippen LogP contribution in [-0.2, 0) is 0 Å². The largest absolute Gasteiger partial charge is 0.0654 e. The Labute approximate surface area is 126 Å². The highest BCUT2D eigenvalue weighted by Gasteiger charge is 2.84. The second kappa shape index (κ2) is 4.26. The molecule has 20 heavy (non-hydrogen) atoms. The van der Waals surface area contributed by atoms with Gasteiger partial charge in [0, 0.05) is 0 Å². The number of unbranched alkanes of at least 4 members (excludes halogenated alkanes) is 4. The van der Waals surface area contributed by atoms with Gasteiger partial charge in [-0.25, -0.2) is 0 Å². The summed E-state index contributed by atoms with van der Waals surface area (Å²) in [5.41, 5.74) is 3.44. The number of hydrogen-bond acceptors (Lipinski definition) is 0. The lowest BCUT2D eigenvalue weighted by atomic mass is 9.54. The van der Waals surface area contributed by atoms with Crippen LogP contribution in [0.3, 0.4) is 0 Å². The molecule has 0 saturated heterocycles. The Balaban J connectivity index is 1.45. The summed E-state index contributed by atoms with van der Waals surface area (Å²) in [6.07, 6.45) is 21.8. The van der Waals surface area contributed by atoms with Crippen molar-refractivity contribution in [1.29, 1.82) is 0 Å². The lowest BCUT2D eigenvalue weighted by molar-refractivity contribution is -0.00266. The first-order valence-electron chi connectivity index (χ1n) is 9.61. The van der Waals surface area contributed by atoms with Crippen molar-refractivity contribution in [2.24, 2.45) is 21.7 Å². The average Bonchev–Trinajstić information content (AvgIpc) is 2.80. The van der Waals surface area contributed by atoms with E-state index in [0.29, 0.717) is 0 Å². The van der Waals surface area contributed by atoms with Gasteiger partial charge >= 0.3 is 0 Å². The molecule has 4 atom stereocenters. The molecular weight excluding hydrogens is 240 g/mol. The van der Waals surface area contributed by atoms with Crippen LogP contribution in [0, 0.1) is 21.7 Å². The minimum atomic E-state index is 0.829. The van der Waals surface area contributed by atoms with Crippen molar-refractivity contribution in [3.63, 3.8) is 0 Å². The zero-order valence-corrected chi connectivity index (χ0v) is 13.9. The van der Waals surface area contributed by atoms with Crippen LogP contribution in [0.4, 0.5) is 0 Å². The smallest absolute Gasteiger partial charge is 0.0224 e. The van der Waals surface area contributed by atoms with Gasteiger partial charge in [-0.2, -0.15) is 0 Å². The van der Waals surface area contributed by atoms with E-state index < -0.39 is 0 Å². The topological polar surface area (TPSA) is 0 Å². The molecule has 0 aromatic carbocycles. The first-order valence-corrected chi connectivity index (χ1v) is 9.61. The fourth-order valence-electron chi connectivity index (χ4n) is 7.78. The van der Waals surface area contributed by atoms with Gasteiger partial charge in [0.2, 0.25) is 0 Å². The zero-order valence-electron chi connectivity index (χ0n) is 13.9. The predicted octanol–water partition coefficient (Wildman–Crippen LogP) is 6.49. The van der Waals surface area contributed by atoms with E-state index in [1.54, 1.807) is 51.4 Å². The van der Waals surface area contributed by atoms with Gasteiger partial charge in [0.05, 0.1) is 0 Å². The normalized spacial score (nSPS) is 50.7. The molecule has 4 bridgehead atoms. The third kappa shape index (κ3) is 1.72. The Bertz CT molecular complexity index is 375. The molecule has 2 spiro atoms. The summed E-state index contributed by atoms with van der Waals surface area (Å²) in [5, 5.41) is 0. The number of hydrogen-bond donors (Lipinski definition) is 0. The van der Waals surface area contributed by atoms with Crippen LogP contribution in [0.5, 0.6) is 0 Å². The van der Waals surface area contributed by atoms with Gasteiger partial charge in [-0.1, -0.05) is 52.4 Å². The molecule has 0 radical (unpaired) electrons. The van der Waals surface area contributed by atoms with Crippen molar-refractivity contribution in [3.05, 3.63) is 0 Å². The average molecular weight is 274 g/mol. The Kier molecular flexibility index (Phi) is 2.91. The summed E-state index contributed by atoms with van der Waals surface area (Å²) >= 11 is 0. The lowest BCUT2D eigenvalue weighted by Crippen LogP contribution is -2.40. The third-order valence-electron chi connectivity index (χ3n) is 7.90. The first kappa shape index (κ1) is 13.6. The highest BCUT2D eigenvalue weighted by atomic mass is 14.9. The maximum atomic E-state index is 2.38. The minimum absolute atomic E-state index is 0.829. The van der Waals surface area contributed by atoms with Crippen molar-refractivity contribution >= 4 is 0 Å². The van der Waals surface area contributed by atoms with Gasteiger partial charge < -0.3 is 0 Å². The van der Waals surface area contributed by atoms with E-state index in [2.05, 4.69) is 13.8 Å². The fraction of sp³-hybridized carbons (Fsp3) is 1.00. The van der Waals surface area contributed by atoms with Crippen LogP contribution in [0.25, 0.3) is 0 Å². The molecule has 5 aliphatic rings. The van der Waals surface area contributed by atoms with E-state index >= 15 is 0 Å². The van der Waals surface area contributed by atoms with E-state index in [0.717, 1.165) is 21.7 Å². The summed E-state index contributed by atoms with van der Waals surface area (Å²) in [4.78, 5) is 0. The molecule has 0 aromatic heterocycles. The fourth-order valence-corrected chi connectivity index (χ4v) is 7.78. The maximum Gasteiger partial charge on any atom is -0.0224 e. The Morgan fingerprint density at radius 2 is 1.10 bits per heavy atom. The first-order chi connectivity index (χ1) is 9.61. The molecule has 5 aliphatic carbocycles. The lowest BCUT2D eigenvalue weighted by Gasteiger charge is -2.51. The summed E-state index contributed by atoms with van der Waals surface area (Å²) in [6.45, 7) is 4.72. The van der Waals surface area contributed by atoms with Gasteiger partial charge in [0.25, 0.3) is 0 Å². The summed E-state index contributed by atoms with van der Waals surface area (Å²) < 4.78 is 0. The van der Waals surface area contributed by atoms with E-state index in [1.807, 2.05) is 0 Å². The Hall–Kier alpha value is 0. The summed E-state index contributed by atoms with van der Waals surface area (Å²) in [5.74, 6) is 0. The van der Waals surface area contributed by atoms with Gasteiger partial charge in [0.1, 0.15) is 0 Å². The van der Waals surface area contributed by atoms with E-state index in [4.69, 9.17) is 0 Å². The van der Waals surface area contributed by atoms with Crippen LogP contribution in [0.2, 0.25) is 0 Å². The van der Waals surface area contributed by atoms with Gasteiger partial charge in [-0.3, -0.25) is 0 Å². The molecule has 114 valence electrons. The summed E-state index contributed by atoms with van der Waals surface area (Å²) in [7, 11) is 0. The highest BCUT2D eigenvalue weighted by Crippen LogP contribution is 2.93. The predicted molar refractivity (Wildman–Crippen MR) is 85.7 cm³/mol. The molecule has 0 N–H and O–H groups in total. The van der Waals surface area contributed by atoms with E-state index in [9.17, 15) is 0 Å². The molecule has 2 unspecified atom stereocenters. The molecular formula is C20H34. The van der Waals surface area contributed by atoms with Crippen molar-refractivity contribution < 1.29 is 0 Å². The molecule has 0 aromatic rings. The van der Waals surface area contributed by atoms with Crippen LogP contribution in [0.15, 0.2) is 0 Å². The Morgan fingerprint density at radius 3 is 1.65 bits per heavy atom. The zero-order chi connectivity index (χ0) is 13.9. The van der Waals surface area contributed by atoms with Crippen LogP contribution in [0.1, 0.15) is 104 Å². The summed E-state index contributed by atoms with van der Waals surface area (Å²) in [6, 6.07) is 0. The molecule has 0 amide bonds. The van der Waals surface area contributed by atoms with Crippen LogP contribution < -0.4 is 0 Å². The molecule has 0 aliphatic heterocycles. The molecule has 5 saturated carbocycles. The van der Waals surface area contributed by atoms with Crippen molar-refractivity contribution in [2.45, 2.75) is 104 Å². The van der Waals surface area contributed by atoms with Crippen molar-refractivity contribution in [2.75, 3.05) is 0 Å². The second-order valence-electron chi connectivity index (χ2n) is 9.54. The molecule has 0 heterocycles. The van der Waals surface area contributed by atoms with Crippen LogP contribution in [-0.4, -0.2) is 0 Å². The van der Waals surface area contributed by atoms with Crippen LogP contribution >= 0.6 is 0 Å². The molecule has 0 heteroatoms. The van der Waals surface area contributed by atoms with Crippen molar-refractivity contribution in [1.82, 2.24) is 0 Å². The molecule has 5 fully saturated rings.